The van der Waals surface area contributed by atoms with E-state index in [9.17, 15) is 13.2 Å². The van der Waals surface area contributed by atoms with Gasteiger partial charge in [-0.25, -0.2) is 0 Å². The number of alkyl halides is 3. The third-order valence-electron chi connectivity index (χ3n) is 2.03. The van der Waals surface area contributed by atoms with E-state index in [-0.39, 0.29) is 10.7 Å². The summed E-state index contributed by atoms with van der Waals surface area (Å²) in [5.74, 6) is 0. The van der Waals surface area contributed by atoms with Gasteiger partial charge in [-0.05, 0) is 12.1 Å². The molecule has 1 unspecified atom stereocenters. The molecule has 3 nitrogen and oxygen atoms in total. The Morgan fingerprint density at radius 2 is 1.93 bits per heavy atom. The second-order valence-corrected chi connectivity index (χ2v) is 3.55. The van der Waals surface area contributed by atoms with Gasteiger partial charge in [-0.15, -0.1) is 0 Å². The number of nitrogens with one attached hydrogen (secondary N) is 2. The fourth-order valence-electron chi connectivity index (χ4n) is 1.39. The van der Waals surface area contributed by atoms with Gasteiger partial charge < -0.3 is 10.6 Å². The number of rotatable bonds is 0. The maximum absolute atomic E-state index is 12.4. The third kappa shape index (κ3) is 1.82. The topological polar surface area (TPSA) is 50.1 Å². The third-order valence-corrected chi connectivity index (χ3v) is 2.33. The van der Waals surface area contributed by atoms with Crippen LogP contribution < -0.4 is 16.4 Å². The Bertz CT molecular complexity index is 405. The highest BCUT2D eigenvalue weighted by molar-refractivity contribution is 6.34. The molecule has 0 aromatic heterocycles. The Morgan fingerprint density at radius 3 is 2.53 bits per heavy atom. The van der Waals surface area contributed by atoms with Crippen LogP contribution in [0.1, 0.15) is 5.56 Å². The molecule has 0 radical (unpaired) electrons. The van der Waals surface area contributed by atoms with Crippen LogP contribution in [0.2, 0.25) is 5.02 Å². The zero-order valence-corrected chi connectivity index (χ0v) is 8.08. The van der Waals surface area contributed by atoms with Gasteiger partial charge in [-0.1, -0.05) is 11.6 Å². The van der Waals surface area contributed by atoms with E-state index in [2.05, 4.69) is 10.6 Å². The molecule has 1 atom stereocenters. The quantitative estimate of drug-likeness (QED) is 0.650. The molecule has 0 saturated carbocycles. The van der Waals surface area contributed by atoms with Crippen LogP contribution in [-0.2, 0) is 6.18 Å². The van der Waals surface area contributed by atoms with Crippen LogP contribution in [0.3, 0.4) is 0 Å². The first-order valence-electron chi connectivity index (χ1n) is 4.07. The molecule has 0 amide bonds. The van der Waals surface area contributed by atoms with Crippen LogP contribution in [0, 0.1) is 0 Å². The number of hydrogen-bond donors (Lipinski definition) is 3. The number of fused-ring (bicyclic) bond motifs is 1. The van der Waals surface area contributed by atoms with Gasteiger partial charge >= 0.3 is 6.18 Å². The first-order valence-corrected chi connectivity index (χ1v) is 4.45. The Morgan fingerprint density at radius 1 is 1.27 bits per heavy atom. The van der Waals surface area contributed by atoms with Gasteiger partial charge in [0.15, 0.2) is 6.29 Å². The molecule has 82 valence electrons. The second-order valence-electron chi connectivity index (χ2n) is 3.14. The van der Waals surface area contributed by atoms with Crippen LogP contribution in [0.5, 0.6) is 0 Å². The molecule has 1 aliphatic heterocycles. The molecular formula is C8H7ClF3N3. The van der Waals surface area contributed by atoms with E-state index < -0.39 is 18.0 Å². The van der Waals surface area contributed by atoms with Crippen LogP contribution in [0.4, 0.5) is 24.5 Å². The second kappa shape index (κ2) is 3.18. The molecule has 2 rings (SSSR count). The van der Waals surface area contributed by atoms with Gasteiger partial charge in [0, 0.05) is 0 Å². The fourth-order valence-corrected chi connectivity index (χ4v) is 1.66. The van der Waals surface area contributed by atoms with E-state index in [0.29, 0.717) is 5.69 Å². The highest BCUT2D eigenvalue weighted by Gasteiger charge is 2.33. The number of halogens is 4. The van der Waals surface area contributed by atoms with E-state index in [1.807, 2.05) is 0 Å². The first-order chi connectivity index (χ1) is 6.88. The maximum Gasteiger partial charge on any atom is 0.416 e. The van der Waals surface area contributed by atoms with E-state index in [4.69, 9.17) is 17.3 Å². The van der Waals surface area contributed by atoms with E-state index in [1.165, 1.54) is 0 Å². The van der Waals surface area contributed by atoms with Crippen molar-refractivity contribution >= 4 is 23.0 Å². The molecule has 0 fully saturated rings. The fraction of sp³-hybridized carbons (Fsp3) is 0.250. The minimum absolute atomic E-state index is 0.000255. The summed E-state index contributed by atoms with van der Waals surface area (Å²) in [6.07, 6.45) is -5.02. The number of hydrogen-bond acceptors (Lipinski definition) is 3. The Kier molecular flexibility index (Phi) is 2.20. The predicted octanol–water partition coefficient (Wildman–Crippen LogP) is 2.44. The Labute approximate surface area is 88.4 Å². The lowest BCUT2D eigenvalue weighted by Gasteiger charge is -2.09. The molecule has 0 saturated heterocycles. The number of anilines is 2. The summed E-state index contributed by atoms with van der Waals surface area (Å²) >= 11 is 5.69. The van der Waals surface area contributed by atoms with Gasteiger partial charge in [-0.3, -0.25) is 5.73 Å². The highest BCUT2D eigenvalue weighted by atomic mass is 35.5. The normalized spacial score (nSPS) is 19.4. The zero-order valence-electron chi connectivity index (χ0n) is 7.32. The molecule has 7 heteroatoms. The molecular weight excluding hydrogens is 231 g/mol. The summed E-state index contributed by atoms with van der Waals surface area (Å²) in [7, 11) is 0. The van der Waals surface area contributed by atoms with Crippen LogP contribution in [0.25, 0.3) is 0 Å². The van der Waals surface area contributed by atoms with Gasteiger partial charge in [0.1, 0.15) is 0 Å². The molecule has 4 N–H and O–H groups in total. The monoisotopic (exact) mass is 237 g/mol. The molecule has 1 aromatic rings. The molecule has 1 heterocycles. The average Bonchev–Trinajstić information content (AvgIpc) is 2.44. The maximum atomic E-state index is 12.4. The highest BCUT2D eigenvalue weighted by Crippen LogP contribution is 2.40. The summed E-state index contributed by atoms with van der Waals surface area (Å²) in [4.78, 5) is 0. The minimum atomic E-state index is -4.41. The van der Waals surface area contributed by atoms with Crippen LogP contribution in [0.15, 0.2) is 12.1 Å². The first kappa shape index (κ1) is 10.4. The molecule has 0 bridgehead atoms. The predicted molar refractivity (Wildman–Crippen MR) is 51.7 cm³/mol. The van der Waals surface area contributed by atoms with Gasteiger partial charge in [-0.2, -0.15) is 13.2 Å². The standard InChI is InChI=1S/C8H7ClF3N3/c9-4-1-3(8(10,11)12)2-5-6(4)15-7(13)14-5/h1-2,7,14-15H,13H2. The van der Waals surface area contributed by atoms with Crippen molar-refractivity contribution in [2.75, 3.05) is 10.6 Å². The van der Waals surface area contributed by atoms with Crippen molar-refractivity contribution in [2.45, 2.75) is 12.5 Å². The lowest BCUT2D eigenvalue weighted by molar-refractivity contribution is -0.137. The number of nitrogens with two attached hydrogens (primary N) is 1. The van der Waals surface area contributed by atoms with Crippen molar-refractivity contribution in [3.8, 4) is 0 Å². The van der Waals surface area contributed by atoms with Crippen molar-refractivity contribution in [1.29, 1.82) is 0 Å². The van der Waals surface area contributed by atoms with Crippen molar-refractivity contribution in [3.63, 3.8) is 0 Å². The Hall–Kier alpha value is -1.14. The summed E-state index contributed by atoms with van der Waals surface area (Å²) in [5.41, 5.74) is 5.32. The SMILES string of the molecule is NC1Nc2cc(C(F)(F)F)cc(Cl)c2N1. The van der Waals surface area contributed by atoms with Crippen molar-refractivity contribution < 1.29 is 13.2 Å². The van der Waals surface area contributed by atoms with E-state index in [1.54, 1.807) is 0 Å². The molecule has 1 aliphatic rings. The van der Waals surface area contributed by atoms with Crippen LogP contribution in [-0.4, -0.2) is 6.29 Å². The summed E-state index contributed by atoms with van der Waals surface area (Å²) in [6.45, 7) is 0. The Balaban J connectivity index is 2.49. The lowest BCUT2D eigenvalue weighted by atomic mass is 10.1. The van der Waals surface area contributed by atoms with Crippen molar-refractivity contribution in [3.05, 3.63) is 22.7 Å². The largest absolute Gasteiger partial charge is 0.416 e. The summed E-state index contributed by atoms with van der Waals surface area (Å²) < 4.78 is 37.2. The summed E-state index contributed by atoms with van der Waals surface area (Å²) in [5, 5.41) is 5.34. The van der Waals surface area contributed by atoms with Gasteiger partial charge in [0.2, 0.25) is 0 Å². The lowest BCUT2D eigenvalue weighted by Crippen LogP contribution is -2.32. The van der Waals surface area contributed by atoms with E-state index in [0.717, 1.165) is 12.1 Å². The van der Waals surface area contributed by atoms with Gasteiger partial charge in [0.25, 0.3) is 0 Å². The van der Waals surface area contributed by atoms with E-state index >= 15 is 0 Å². The van der Waals surface area contributed by atoms with Gasteiger partial charge in [0.05, 0.1) is 22.0 Å². The summed E-state index contributed by atoms with van der Waals surface area (Å²) in [6, 6.07) is 1.84. The number of benzene rings is 1. The smallest absolute Gasteiger partial charge is 0.352 e. The van der Waals surface area contributed by atoms with Crippen LogP contribution >= 0.6 is 11.6 Å². The van der Waals surface area contributed by atoms with Crippen molar-refractivity contribution in [2.24, 2.45) is 5.73 Å². The average molecular weight is 238 g/mol. The molecule has 1 aromatic carbocycles. The molecule has 15 heavy (non-hydrogen) atoms. The zero-order chi connectivity index (χ0) is 11.2. The van der Waals surface area contributed by atoms with Crippen molar-refractivity contribution in [1.82, 2.24) is 0 Å². The molecule has 0 aliphatic carbocycles. The minimum Gasteiger partial charge on any atom is -0.352 e. The molecule has 0 spiro atoms.